The Balaban J connectivity index is 1.10. The predicted octanol–water partition coefficient (Wildman–Crippen LogP) is 13.6. The largest absolute Gasteiger partial charge is 0.310 e. The Bertz CT molecular complexity index is 2570. The minimum Gasteiger partial charge on any atom is -0.310 e. The molecule has 230 valence electrons. The fraction of sp³-hybridized carbons (Fsp3) is 0. The lowest BCUT2D eigenvalue weighted by Gasteiger charge is -2.27. The van der Waals surface area contributed by atoms with E-state index in [1.807, 2.05) is 0 Å². The summed E-state index contributed by atoms with van der Waals surface area (Å²) in [4.78, 5) is 2.38. The van der Waals surface area contributed by atoms with Crippen molar-refractivity contribution in [2.24, 2.45) is 0 Å². The van der Waals surface area contributed by atoms with Gasteiger partial charge < -0.3 is 4.90 Å². The van der Waals surface area contributed by atoms with Gasteiger partial charge in [0.2, 0.25) is 0 Å². The smallest absolute Gasteiger partial charge is 0.0540 e. The van der Waals surface area contributed by atoms with Crippen molar-refractivity contribution in [3.05, 3.63) is 200 Å². The van der Waals surface area contributed by atoms with Gasteiger partial charge in [0.25, 0.3) is 0 Å². The first-order valence-corrected chi connectivity index (χ1v) is 16.8. The summed E-state index contributed by atoms with van der Waals surface area (Å²) in [5, 5.41) is 7.45. The van der Waals surface area contributed by atoms with Crippen molar-refractivity contribution >= 4 is 49.4 Å². The number of fused-ring (bicyclic) bond motifs is 3. The van der Waals surface area contributed by atoms with Crippen LogP contribution in [0.5, 0.6) is 0 Å². The van der Waals surface area contributed by atoms with Crippen molar-refractivity contribution in [1.82, 2.24) is 0 Å². The van der Waals surface area contributed by atoms with Gasteiger partial charge in [0, 0.05) is 16.8 Å². The van der Waals surface area contributed by atoms with Gasteiger partial charge in [-0.15, -0.1) is 0 Å². The van der Waals surface area contributed by atoms with E-state index in [0.717, 1.165) is 17.1 Å². The number of benzene rings is 9. The monoisotopic (exact) mass is 623 g/mol. The van der Waals surface area contributed by atoms with E-state index in [4.69, 9.17) is 0 Å². The van der Waals surface area contributed by atoms with Crippen molar-refractivity contribution in [3.63, 3.8) is 0 Å². The maximum Gasteiger partial charge on any atom is 0.0540 e. The molecule has 9 aromatic rings. The Morgan fingerprint density at radius 1 is 0.265 bits per heavy atom. The first-order valence-electron chi connectivity index (χ1n) is 16.8. The highest BCUT2D eigenvalue weighted by Crippen LogP contribution is 2.41. The molecule has 0 radical (unpaired) electrons. The third-order valence-corrected chi connectivity index (χ3v) is 9.64. The lowest BCUT2D eigenvalue weighted by atomic mass is 9.97. The van der Waals surface area contributed by atoms with Crippen LogP contribution in [0.2, 0.25) is 0 Å². The van der Waals surface area contributed by atoms with Gasteiger partial charge >= 0.3 is 0 Å². The van der Waals surface area contributed by atoms with E-state index in [2.05, 4.69) is 205 Å². The van der Waals surface area contributed by atoms with Gasteiger partial charge in [0.1, 0.15) is 0 Å². The standard InChI is InChI=1S/C48H33N/c1-2-10-34(11-3-1)39-20-22-42-33-40(21-23-41(42)32-39)35-24-28-43(29-25-35)49(48-19-9-15-37-13-5-7-17-47(37)48)44-30-26-38(27-31-44)46-18-8-14-36-12-4-6-16-45(36)46/h1-33H. The van der Waals surface area contributed by atoms with Crippen molar-refractivity contribution in [2.75, 3.05) is 4.90 Å². The van der Waals surface area contributed by atoms with Gasteiger partial charge in [-0.25, -0.2) is 0 Å². The molecule has 0 unspecified atom stereocenters. The molecule has 0 saturated heterocycles. The molecular formula is C48H33N. The fourth-order valence-corrected chi connectivity index (χ4v) is 7.14. The van der Waals surface area contributed by atoms with E-state index in [9.17, 15) is 0 Å². The summed E-state index contributed by atoms with van der Waals surface area (Å²) >= 11 is 0. The van der Waals surface area contributed by atoms with Crippen molar-refractivity contribution in [1.29, 1.82) is 0 Å². The zero-order chi connectivity index (χ0) is 32.6. The summed E-state index contributed by atoms with van der Waals surface area (Å²) in [5.74, 6) is 0. The number of hydrogen-bond donors (Lipinski definition) is 0. The van der Waals surface area contributed by atoms with Crippen LogP contribution >= 0.6 is 0 Å². The molecule has 0 fully saturated rings. The number of anilines is 3. The first-order chi connectivity index (χ1) is 24.3. The average molecular weight is 624 g/mol. The van der Waals surface area contributed by atoms with E-state index in [-0.39, 0.29) is 0 Å². The molecule has 0 aliphatic carbocycles. The van der Waals surface area contributed by atoms with Crippen LogP contribution in [0, 0.1) is 0 Å². The Labute approximate surface area is 287 Å². The molecular weight excluding hydrogens is 591 g/mol. The molecule has 0 amide bonds. The zero-order valence-corrected chi connectivity index (χ0v) is 27.0. The van der Waals surface area contributed by atoms with Gasteiger partial charge in [-0.05, 0) is 103 Å². The summed E-state index contributed by atoms with van der Waals surface area (Å²) in [5.41, 5.74) is 10.7. The van der Waals surface area contributed by atoms with Crippen LogP contribution in [0.15, 0.2) is 200 Å². The van der Waals surface area contributed by atoms with Crippen LogP contribution in [0.1, 0.15) is 0 Å². The highest BCUT2D eigenvalue weighted by atomic mass is 15.1. The van der Waals surface area contributed by atoms with Gasteiger partial charge in [-0.1, -0.05) is 158 Å². The maximum atomic E-state index is 2.38. The van der Waals surface area contributed by atoms with Gasteiger partial charge in [0.05, 0.1) is 5.69 Å². The Morgan fingerprint density at radius 3 is 1.39 bits per heavy atom. The molecule has 9 rings (SSSR count). The molecule has 1 nitrogen and oxygen atoms in total. The highest BCUT2D eigenvalue weighted by Gasteiger charge is 2.16. The molecule has 0 aliphatic rings. The van der Waals surface area contributed by atoms with E-state index in [1.54, 1.807) is 0 Å². The summed E-state index contributed by atoms with van der Waals surface area (Å²) in [6.07, 6.45) is 0. The van der Waals surface area contributed by atoms with Crippen LogP contribution in [0.4, 0.5) is 17.1 Å². The van der Waals surface area contributed by atoms with E-state index >= 15 is 0 Å². The molecule has 49 heavy (non-hydrogen) atoms. The quantitative estimate of drug-likeness (QED) is 0.178. The number of rotatable bonds is 6. The molecule has 0 heterocycles. The van der Waals surface area contributed by atoms with Crippen LogP contribution in [-0.4, -0.2) is 0 Å². The van der Waals surface area contributed by atoms with Gasteiger partial charge in [-0.3, -0.25) is 0 Å². The molecule has 0 spiro atoms. The summed E-state index contributed by atoms with van der Waals surface area (Å²) in [6.45, 7) is 0. The number of hydrogen-bond acceptors (Lipinski definition) is 1. The van der Waals surface area contributed by atoms with Crippen LogP contribution < -0.4 is 4.90 Å². The molecule has 9 aromatic carbocycles. The van der Waals surface area contributed by atoms with Gasteiger partial charge in [0.15, 0.2) is 0 Å². The Morgan fingerprint density at radius 2 is 0.735 bits per heavy atom. The topological polar surface area (TPSA) is 3.24 Å². The Hall–Kier alpha value is -6.44. The molecule has 0 aromatic heterocycles. The second-order valence-electron chi connectivity index (χ2n) is 12.6. The highest BCUT2D eigenvalue weighted by molar-refractivity contribution is 6.00. The molecule has 0 atom stereocenters. The molecule has 0 saturated carbocycles. The maximum absolute atomic E-state index is 2.38. The van der Waals surface area contributed by atoms with E-state index in [0.29, 0.717) is 0 Å². The van der Waals surface area contributed by atoms with Crippen LogP contribution in [0.25, 0.3) is 65.7 Å². The molecule has 0 bridgehead atoms. The predicted molar refractivity (Wildman–Crippen MR) is 210 cm³/mol. The van der Waals surface area contributed by atoms with Crippen molar-refractivity contribution in [2.45, 2.75) is 0 Å². The summed E-state index contributed by atoms with van der Waals surface area (Å²) in [7, 11) is 0. The van der Waals surface area contributed by atoms with Crippen molar-refractivity contribution in [3.8, 4) is 33.4 Å². The van der Waals surface area contributed by atoms with E-state index < -0.39 is 0 Å². The fourth-order valence-electron chi connectivity index (χ4n) is 7.14. The minimum absolute atomic E-state index is 1.12. The SMILES string of the molecule is c1ccc(-c2ccc3cc(-c4ccc(N(c5ccc(-c6cccc7ccccc67)cc5)c5cccc6ccccc56)cc4)ccc3c2)cc1. The lowest BCUT2D eigenvalue weighted by molar-refractivity contribution is 1.30. The van der Waals surface area contributed by atoms with E-state index in [1.165, 1.54) is 65.7 Å². The summed E-state index contributed by atoms with van der Waals surface area (Å²) < 4.78 is 0. The first kappa shape index (κ1) is 28.8. The third-order valence-electron chi connectivity index (χ3n) is 9.64. The molecule has 0 N–H and O–H groups in total. The molecule has 0 aliphatic heterocycles. The minimum atomic E-state index is 1.12. The normalized spacial score (nSPS) is 11.3. The second kappa shape index (κ2) is 12.3. The third kappa shape index (κ3) is 5.42. The van der Waals surface area contributed by atoms with Crippen molar-refractivity contribution < 1.29 is 0 Å². The van der Waals surface area contributed by atoms with Crippen LogP contribution in [0.3, 0.4) is 0 Å². The lowest BCUT2D eigenvalue weighted by Crippen LogP contribution is -2.10. The molecule has 1 heteroatoms. The van der Waals surface area contributed by atoms with Crippen LogP contribution in [-0.2, 0) is 0 Å². The summed E-state index contributed by atoms with van der Waals surface area (Å²) in [6, 6.07) is 72.4. The number of nitrogens with zero attached hydrogens (tertiary/aromatic N) is 1. The second-order valence-corrected chi connectivity index (χ2v) is 12.6. The zero-order valence-electron chi connectivity index (χ0n) is 27.0. The average Bonchev–Trinajstić information content (AvgIpc) is 3.18. The van der Waals surface area contributed by atoms with Gasteiger partial charge in [-0.2, -0.15) is 0 Å². The Kier molecular flexibility index (Phi) is 7.22.